The van der Waals surface area contributed by atoms with E-state index in [1.54, 1.807) is 7.11 Å². The highest BCUT2D eigenvalue weighted by Gasteiger charge is 2.30. The third kappa shape index (κ3) is 11.6. The molecule has 4 heteroatoms. The highest BCUT2D eigenvalue weighted by Crippen LogP contribution is 2.31. The summed E-state index contributed by atoms with van der Waals surface area (Å²) >= 11 is 0. The minimum atomic E-state index is -0.640. The molecule has 22 heavy (non-hydrogen) atoms. The molecule has 0 aromatic carbocycles. The van der Waals surface area contributed by atoms with Crippen LogP contribution in [0.2, 0.25) is 0 Å². The summed E-state index contributed by atoms with van der Waals surface area (Å²) < 4.78 is 22.0. The molecule has 132 valence electrons. The predicted octanol–water partition coefficient (Wildman–Crippen LogP) is 7.05. The SMILES string of the molecule is CCCCCCCCC(CCCCCCCC)(OC)OP=O. The zero-order valence-corrected chi connectivity index (χ0v) is 16.0. The minimum absolute atomic E-state index is 0.266. The van der Waals surface area contributed by atoms with Crippen LogP contribution >= 0.6 is 8.69 Å². The number of rotatable bonds is 17. The number of hydrogen-bond donors (Lipinski definition) is 0. The first-order chi connectivity index (χ1) is 10.7. The summed E-state index contributed by atoms with van der Waals surface area (Å²) in [6.45, 7) is 4.47. The van der Waals surface area contributed by atoms with Crippen molar-refractivity contribution in [3.8, 4) is 0 Å². The quantitative estimate of drug-likeness (QED) is 0.162. The van der Waals surface area contributed by atoms with Gasteiger partial charge < -0.3 is 4.74 Å². The Hall–Kier alpha value is 0.0200. The van der Waals surface area contributed by atoms with Crippen LogP contribution in [0.1, 0.15) is 104 Å². The van der Waals surface area contributed by atoms with Gasteiger partial charge in [-0.15, -0.1) is 0 Å². The molecule has 0 heterocycles. The van der Waals surface area contributed by atoms with Crippen molar-refractivity contribution in [2.75, 3.05) is 7.11 Å². The summed E-state index contributed by atoms with van der Waals surface area (Å²) in [4.78, 5) is 0. The van der Waals surface area contributed by atoms with Crippen LogP contribution in [0.25, 0.3) is 0 Å². The molecule has 0 saturated carbocycles. The number of methoxy groups -OCH3 is 1. The molecule has 0 radical (unpaired) electrons. The molecule has 0 fully saturated rings. The largest absolute Gasteiger partial charge is 0.352 e. The molecule has 0 rings (SSSR count). The van der Waals surface area contributed by atoms with E-state index in [4.69, 9.17) is 9.26 Å². The Balaban J connectivity index is 3.97. The Bertz CT molecular complexity index is 230. The standard InChI is InChI=1S/C18H37O3P/c1-4-6-8-10-12-14-16-18(20-3,21-22-19)17-15-13-11-9-7-5-2/h4-17H2,1-3H3. The zero-order valence-electron chi connectivity index (χ0n) is 15.1. The third-order valence-electron chi connectivity index (χ3n) is 4.40. The number of ether oxygens (including phenoxy) is 1. The molecule has 0 aliphatic rings. The van der Waals surface area contributed by atoms with Crippen molar-refractivity contribution in [3.63, 3.8) is 0 Å². The maximum absolute atomic E-state index is 10.9. The van der Waals surface area contributed by atoms with Crippen LogP contribution in [0.5, 0.6) is 0 Å². The average molecular weight is 332 g/mol. The van der Waals surface area contributed by atoms with E-state index in [0.29, 0.717) is 0 Å². The Morgan fingerprint density at radius 2 is 1.14 bits per heavy atom. The molecule has 3 nitrogen and oxygen atoms in total. The normalized spacial score (nSPS) is 12.1. The van der Waals surface area contributed by atoms with Crippen LogP contribution in [-0.4, -0.2) is 12.9 Å². The van der Waals surface area contributed by atoms with E-state index in [-0.39, 0.29) is 8.69 Å². The third-order valence-corrected chi connectivity index (χ3v) is 4.81. The van der Waals surface area contributed by atoms with Crippen LogP contribution in [0, 0.1) is 0 Å². The van der Waals surface area contributed by atoms with E-state index >= 15 is 0 Å². The van der Waals surface area contributed by atoms with E-state index in [2.05, 4.69) is 13.8 Å². The molecule has 0 aliphatic heterocycles. The van der Waals surface area contributed by atoms with Crippen molar-refractivity contribution in [1.82, 2.24) is 0 Å². The van der Waals surface area contributed by atoms with Gasteiger partial charge in [0.2, 0.25) is 0 Å². The summed E-state index contributed by atoms with van der Waals surface area (Å²) in [6, 6.07) is 0. The Morgan fingerprint density at radius 3 is 1.50 bits per heavy atom. The fraction of sp³-hybridized carbons (Fsp3) is 1.00. The molecule has 0 spiro atoms. The molecule has 0 aromatic rings. The molecule has 0 bridgehead atoms. The Morgan fingerprint density at radius 1 is 0.727 bits per heavy atom. The lowest BCUT2D eigenvalue weighted by atomic mass is 9.99. The van der Waals surface area contributed by atoms with Crippen molar-refractivity contribution in [2.24, 2.45) is 0 Å². The van der Waals surface area contributed by atoms with E-state index in [0.717, 1.165) is 25.7 Å². The van der Waals surface area contributed by atoms with Crippen LogP contribution in [0.3, 0.4) is 0 Å². The van der Waals surface area contributed by atoms with E-state index in [1.165, 1.54) is 64.2 Å². The van der Waals surface area contributed by atoms with Gasteiger partial charge in [0.05, 0.1) is 0 Å². The van der Waals surface area contributed by atoms with Gasteiger partial charge in [-0.25, -0.2) is 4.57 Å². The second kappa shape index (κ2) is 15.9. The maximum Gasteiger partial charge on any atom is 0.330 e. The van der Waals surface area contributed by atoms with Gasteiger partial charge in [-0.3, -0.25) is 4.52 Å². The summed E-state index contributed by atoms with van der Waals surface area (Å²) in [6.07, 6.45) is 16.7. The molecular weight excluding hydrogens is 295 g/mol. The molecule has 0 amide bonds. The van der Waals surface area contributed by atoms with Crippen molar-refractivity contribution in [2.45, 2.75) is 110 Å². The molecule has 0 atom stereocenters. The number of unbranched alkanes of at least 4 members (excludes halogenated alkanes) is 10. The Kier molecular flexibility index (Phi) is 15.9. The van der Waals surface area contributed by atoms with Crippen molar-refractivity contribution >= 4 is 8.69 Å². The first-order valence-electron chi connectivity index (χ1n) is 9.30. The molecule has 0 saturated heterocycles. The Labute approximate surface area is 139 Å². The van der Waals surface area contributed by atoms with E-state index in [1.807, 2.05) is 0 Å². The van der Waals surface area contributed by atoms with Gasteiger partial charge >= 0.3 is 8.69 Å². The minimum Gasteiger partial charge on any atom is -0.352 e. The lowest BCUT2D eigenvalue weighted by Crippen LogP contribution is -2.32. The molecular formula is C18H37O3P. The fourth-order valence-electron chi connectivity index (χ4n) is 2.87. The summed E-state index contributed by atoms with van der Waals surface area (Å²) in [5.41, 5.74) is 0. The van der Waals surface area contributed by atoms with Gasteiger partial charge in [-0.05, 0) is 12.8 Å². The molecule has 0 aliphatic carbocycles. The van der Waals surface area contributed by atoms with Gasteiger partial charge in [-0.2, -0.15) is 0 Å². The van der Waals surface area contributed by atoms with Crippen molar-refractivity contribution in [1.29, 1.82) is 0 Å². The van der Waals surface area contributed by atoms with Gasteiger partial charge in [-0.1, -0.05) is 78.1 Å². The highest BCUT2D eigenvalue weighted by molar-refractivity contribution is 7.17. The van der Waals surface area contributed by atoms with Gasteiger partial charge in [0.25, 0.3) is 0 Å². The second-order valence-electron chi connectivity index (χ2n) is 6.32. The maximum atomic E-state index is 10.9. The zero-order chi connectivity index (χ0) is 16.5. The van der Waals surface area contributed by atoms with Gasteiger partial charge in [0, 0.05) is 20.0 Å². The monoisotopic (exact) mass is 332 g/mol. The fourth-order valence-corrected chi connectivity index (χ4v) is 3.27. The first kappa shape index (κ1) is 22.0. The molecule has 0 unspecified atom stereocenters. The van der Waals surface area contributed by atoms with Crippen LogP contribution in [0.4, 0.5) is 0 Å². The smallest absolute Gasteiger partial charge is 0.330 e. The lowest BCUT2D eigenvalue weighted by molar-refractivity contribution is -0.169. The summed E-state index contributed by atoms with van der Waals surface area (Å²) in [5, 5.41) is 0. The van der Waals surface area contributed by atoms with Crippen molar-refractivity contribution in [3.05, 3.63) is 0 Å². The van der Waals surface area contributed by atoms with Crippen LogP contribution in [0.15, 0.2) is 0 Å². The molecule has 0 aromatic heterocycles. The highest BCUT2D eigenvalue weighted by atomic mass is 31.1. The average Bonchev–Trinajstić information content (AvgIpc) is 2.54. The van der Waals surface area contributed by atoms with Crippen LogP contribution < -0.4 is 0 Å². The number of hydrogen-bond acceptors (Lipinski definition) is 3. The second-order valence-corrected chi connectivity index (χ2v) is 6.65. The van der Waals surface area contributed by atoms with E-state index < -0.39 is 5.79 Å². The summed E-state index contributed by atoms with van der Waals surface area (Å²) in [5.74, 6) is -0.640. The van der Waals surface area contributed by atoms with Crippen molar-refractivity contribution < 1.29 is 13.8 Å². The van der Waals surface area contributed by atoms with E-state index in [9.17, 15) is 4.57 Å². The molecule has 0 N–H and O–H groups in total. The topological polar surface area (TPSA) is 35.5 Å². The predicted molar refractivity (Wildman–Crippen MR) is 94.4 cm³/mol. The van der Waals surface area contributed by atoms with Crippen LogP contribution in [-0.2, 0) is 13.8 Å². The van der Waals surface area contributed by atoms with Gasteiger partial charge in [0.1, 0.15) is 0 Å². The van der Waals surface area contributed by atoms with Gasteiger partial charge in [0.15, 0.2) is 5.79 Å². The first-order valence-corrected chi connectivity index (χ1v) is 10.0. The lowest BCUT2D eigenvalue weighted by Gasteiger charge is -2.29. The summed E-state index contributed by atoms with van der Waals surface area (Å²) in [7, 11) is 1.41.